The Kier molecular flexibility index (Phi) is 4.19. The molecule has 2 heterocycles. The molecular weight excluding hydrogens is 246 g/mol. The lowest BCUT2D eigenvalue weighted by Gasteiger charge is -2.44. The number of fused-ring (bicyclic) bond motifs is 1. The second-order valence-corrected chi connectivity index (χ2v) is 4.85. The number of hydrazine groups is 1. The van der Waals surface area contributed by atoms with Gasteiger partial charge in [0.05, 0.1) is 6.54 Å². The highest BCUT2D eigenvalue weighted by atomic mass is 16.2. The van der Waals surface area contributed by atoms with Crippen molar-refractivity contribution in [2.75, 3.05) is 13.1 Å². The molecule has 0 radical (unpaired) electrons. The molecule has 104 valence electrons. The van der Waals surface area contributed by atoms with Gasteiger partial charge in [0, 0.05) is 18.7 Å². The smallest absolute Gasteiger partial charge is 0.245 e. The minimum absolute atomic E-state index is 0.0156. The monoisotopic (exact) mass is 265 g/mol. The summed E-state index contributed by atoms with van der Waals surface area (Å²) in [7, 11) is 0. The number of amides is 2. The summed E-state index contributed by atoms with van der Waals surface area (Å²) < 4.78 is 0. The quantitative estimate of drug-likeness (QED) is 0.740. The van der Waals surface area contributed by atoms with Gasteiger partial charge in [0.25, 0.3) is 0 Å². The van der Waals surface area contributed by atoms with Crippen LogP contribution in [0.4, 0.5) is 0 Å². The molecule has 2 aliphatic heterocycles. The van der Waals surface area contributed by atoms with Crippen LogP contribution < -0.4 is 5.32 Å². The molecule has 0 bridgehead atoms. The maximum Gasteiger partial charge on any atom is 0.245 e. The second-order valence-electron chi connectivity index (χ2n) is 4.85. The summed E-state index contributed by atoms with van der Waals surface area (Å²) in [5.41, 5.74) is 0.888. The largest absolute Gasteiger partial charge is 0.347 e. The topological polar surface area (TPSA) is 69.7 Å². The average Bonchev–Trinajstić information content (AvgIpc) is 2.56. The van der Waals surface area contributed by atoms with E-state index in [1.165, 1.54) is 0 Å². The maximum absolute atomic E-state index is 12.2. The van der Waals surface area contributed by atoms with Crippen molar-refractivity contribution in [3.63, 3.8) is 0 Å². The van der Waals surface area contributed by atoms with E-state index in [0.717, 1.165) is 31.5 Å². The summed E-state index contributed by atoms with van der Waals surface area (Å²) in [6, 6.07) is -0.518. The molecule has 0 aromatic carbocycles. The number of nitrogens with one attached hydrogen (secondary N) is 1. The number of carbonyl (C=O) groups excluding carboxylic acids is 3. The Morgan fingerprint density at radius 1 is 1.42 bits per heavy atom. The fourth-order valence-corrected chi connectivity index (χ4v) is 2.64. The normalized spacial score (nSPS) is 23.7. The molecule has 0 saturated carbocycles. The first-order chi connectivity index (χ1) is 9.15. The third kappa shape index (κ3) is 2.77. The van der Waals surface area contributed by atoms with Gasteiger partial charge >= 0.3 is 0 Å². The first kappa shape index (κ1) is 13.6. The van der Waals surface area contributed by atoms with Crippen molar-refractivity contribution in [2.45, 2.75) is 38.1 Å². The van der Waals surface area contributed by atoms with Gasteiger partial charge in [-0.2, -0.15) is 0 Å². The maximum atomic E-state index is 12.2. The Morgan fingerprint density at radius 3 is 2.95 bits per heavy atom. The van der Waals surface area contributed by atoms with E-state index in [9.17, 15) is 14.4 Å². The third-order valence-corrected chi connectivity index (χ3v) is 3.54. The number of aldehydes is 1. The minimum Gasteiger partial charge on any atom is -0.347 e. The van der Waals surface area contributed by atoms with Crippen LogP contribution in [0.5, 0.6) is 0 Å². The molecule has 6 heteroatoms. The van der Waals surface area contributed by atoms with Gasteiger partial charge in [-0.1, -0.05) is 6.58 Å². The number of allylic oxidation sites excluding steroid dienone is 1. The first-order valence-electron chi connectivity index (χ1n) is 6.63. The highest BCUT2D eigenvalue weighted by molar-refractivity contribution is 5.88. The third-order valence-electron chi connectivity index (χ3n) is 3.54. The summed E-state index contributed by atoms with van der Waals surface area (Å²) in [6.07, 6.45) is 4.09. The summed E-state index contributed by atoms with van der Waals surface area (Å²) in [6.45, 7) is 4.70. The van der Waals surface area contributed by atoms with Gasteiger partial charge < -0.3 is 10.1 Å². The number of hydrogen-bond acceptors (Lipinski definition) is 4. The first-order valence-corrected chi connectivity index (χ1v) is 6.63. The zero-order chi connectivity index (χ0) is 13.8. The van der Waals surface area contributed by atoms with Crippen LogP contribution in [0, 0.1) is 0 Å². The number of nitrogens with zero attached hydrogens (tertiary/aromatic N) is 2. The van der Waals surface area contributed by atoms with Crippen molar-refractivity contribution in [1.29, 1.82) is 0 Å². The Bertz CT molecular complexity index is 408. The Labute approximate surface area is 112 Å². The van der Waals surface area contributed by atoms with Crippen molar-refractivity contribution < 1.29 is 14.4 Å². The van der Waals surface area contributed by atoms with Gasteiger partial charge in [-0.25, -0.2) is 5.01 Å². The molecule has 2 amide bonds. The van der Waals surface area contributed by atoms with Gasteiger partial charge in [-0.05, 0) is 25.7 Å². The van der Waals surface area contributed by atoms with Crippen LogP contribution in [0.3, 0.4) is 0 Å². The number of rotatable bonds is 3. The average molecular weight is 265 g/mol. The molecule has 2 fully saturated rings. The van der Waals surface area contributed by atoms with Gasteiger partial charge in [0.1, 0.15) is 12.3 Å². The standard InChI is InChI=1S/C13H19N3O3/c1-10-4-2-6-12(18)16-11(5-3-8-15(10)16)13(19)14-7-9-17/h9,11H,1-8H2,(H,14,19)/t11-/m0/s1. The van der Waals surface area contributed by atoms with Crippen LogP contribution in [-0.2, 0) is 14.4 Å². The summed E-state index contributed by atoms with van der Waals surface area (Å²) in [4.78, 5) is 34.6. The van der Waals surface area contributed by atoms with Crippen molar-refractivity contribution in [2.24, 2.45) is 0 Å². The Morgan fingerprint density at radius 2 is 2.21 bits per heavy atom. The fraction of sp³-hybridized carbons (Fsp3) is 0.615. The Balaban J connectivity index is 2.18. The van der Waals surface area contributed by atoms with E-state index in [2.05, 4.69) is 11.9 Å². The van der Waals surface area contributed by atoms with E-state index in [-0.39, 0.29) is 18.4 Å². The van der Waals surface area contributed by atoms with Gasteiger partial charge in [0.2, 0.25) is 11.8 Å². The molecule has 1 atom stereocenters. The highest BCUT2D eigenvalue weighted by Gasteiger charge is 2.38. The molecule has 0 spiro atoms. The molecule has 2 saturated heterocycles. The lowest BCUT2D eigenvalue weighted by Crippen LogP contribution is -2.59. The van der Waals surface area contributed by atoms with E-state index >= 15 is 0 Å². The van der Waals surface area contributed by atoms with E-state index in [0.29, 0.717) is 19.1 Å². The van der Waals surface area contributed by atoms with E-state index in [1.54, 1.807) is 5.01 Å². The summed E-state index contributed by atoms with van der Waals surface area (Å²) in [5, 5.41) is 5.91. The molecule has 0 aromatic heterocycles. The van der Waals surface area contributed by atoms with Crippen LogP contribution in [0.2, 0.25) is 0 Å². The second kappa shape index (κ2) is 5.86. The van der Waals surface area contributed by atoms with Crippen LogP contribution in [0.1, 0.15) is 32.1 Å². The van der Waals surface area contributed by atoms with Gasteiger partial charge in [-0.15, -0.1) is 0 Å². The molecule has 2 aliphatic rings. The van der Waals surface area contributed by atoms with Crippen LogP contribution in [0.15, 0.2) is 12.3 Å². The van der Waals surface area contributed by atoms with E-state index in [1.807, 2.05) is 5.01 Å². The van der Waals surface area contributed by atoms with Crippen molar-refractivity contribution in [3.8, 4) is 0 Å². The Hall–Kier alpha value is -1.85. The fourth-order valence-electron chi connectivity index (χ4n) is 2.64. The minimum atomic E-state index is -0.518. The van der Waals surface area contributed by atoms with Crippen molar-refractivity contribution in [1.82, 2.24) is 15.3 Å². The SMILES string of the molecule is C=C1CCCC(=O)N2[C@H](C(=O)NCC=O)CCCN12. The number of carbonyl (C=O) groups is 3. The molecule has 0 unspecified atom stereocenters. The predicted octanol–water partition coefficient (Wildman–Crippen LogP) is 0.207. The lowest BCUT2D eigenvalue weighted by molar-refractivity contribution is -0.161. The summed E-state index contributed by atoms with van der Waals surface area (Å²) in [5.74, 6) is -0.301. The zero-order valence-electron chi connectivity index (χ0n) is 10.9. The number of hydrogen-bond donors (Lipinski definition) is 1. The highest BCUT2D eigenvalue weighted by Crippen LogP contribution is 2.28. The van der Waals surface area contributed by atoms with Crippen molar-refractivity contribution in [3.05, 3.63) is 12.3 Å². The molecule has 6 nitrogen and oxygen atoms in total. The van der Waals surface area contributed by atoms with Gasteiger partial charge in [0.15, 0.2) is 0 Å². The van der Waals surface area contributed by atoms with Crippen LogP contribution in [-0.4, -0.2) is 47.2 Å². The zero-order valence-corrected chi connectivity index (χ0v) is 10.9. The molecule has 0 aromatic rings. The molecule has 2 rings (SSSR count). The van der Waals surface area contributed by atoms with E-state index in [4.69, 9.17) is 0 Å². The van der Waals surface area contributed by atoms with Crippen molar-refractivity contribution >= 4 is 18.1 Å². The van der Waals surface area contributed by atoms with Gasteiger partial charge in [-0.3, -0.25) is 14.6 Å². The molecule has 1 N–H and O–H groups in total. The lowest BCUT2D eigenvalue weighted by atomic mass is 10.1. The molecule has 19 heavy (non-hydrogen) atoms. The predicted molar refractivity (Wildman–Crippen MR) is 68.6 cm³/mol. The van der Waals surface area contributed by atoms with E-state index < -0.39 is 6.04 Å². The molecular formula is C13H19N3O3. The summed E-state index contributed by atoms with van der Waals surface area (Å²) >= 11 is 0. The van der Waals surface area contributed by atoms with Crippen LogP contribution >= 0.6 is 0 Å². The molecule has 0 aliphatic carbocycles. The van der Waals surface area contributed by atoms with Crippen LogP contribution in [0.25, 0.3) is 0 Å².